The Hall–Kier alpha value is -3.09. The summed E-state index contributed by atoms with van der Waals surface area (Å²) in [5.74, 6) is -0.588. The minimum atomic E-state index is -0.493. The van der Waals surface area contributed by atoms with Gasteiger partial charge in [0.1, 0.15) is 5.76 Å². The SMILES string of the molecule is Cc1ccc(NC(=O)CN(C)C(=O)COC(=O)CCc2ccco2)cc1. The van der Waals surface area contributed by atoms with Gasteiger partial charge in [0, 0.05) is 19.2 Å². The van der Waals surface area contributed by atoms with E-state index < -0.39 is 18.5 Å². The molecule has 0 aliphatic rings. The normalized spacial score (nSPS) is 10.2. The highest BCUT2D eigenvalue weighted by molar-refractivity contribution is 5.94. The molecule has 0 bridgehead atoms. The van der Waals surface area contributed by atoms with Crippen LogP contribution in [0.3, 0.4) is 0 Å². The van der Waals surface area contributed by atoms with Crippen molar-refractivity contribution in [3.63, 3.8) is 0 Å². The lowest BCUT2D eigenvalue weighted by Crippen LogP contribution is -2.37. The molecule has 0 spiro atoms. The standard InChI is InChI=1S/C19H22N2O5/c1-14-5-7-15(8-6-14)20-17(22)12-21(2)18(23)13-26-19(24)10-9-16-4-3-11-25-16/h3-8,11H,9-10,12-13H2,1-2H3,(H,20,22). The summed E-state index contributed by atoms with van der Waals surface area (Å²) in [7, 11) is 1.48. The Labute approximate surface area is 151 Å². The van der Waals surface area contributed by atoms with Crippen LogP contribution in [0.5, 0.6) is 0 Å². The molecule has 0 saturated carbocycles. The quantitative estimate of drug-likeness (QED) is 0.731. The van der Waals surface area contributed by atoms with Gasteiger partial charge in [0.15, 0.2) is 6.61 Å². The lowest BCUT2D eigenvalue weighted by molar-refractivity contribution is -0.151. The van der Waals surface area contributed by atoms with Crippen LogP contribution in [0, 0.1) is 6.92 Å². The minimum Gasteiger partial charge on any atom is -0.469 e. The largest absolute Gasteiger partial charge is 0.469 e. The third-order valence-corrected chi connectivity index (χ3v) is 3.65. The van der Waals surface area contributed by atoms with E-state index in [0.717, 1.165) is 5.56 Å². The summed E-state index contributed by atoms with van der Waals surface area (Å²) in [5.41, 5.74) is 1.75. The lowest BCUT2D eigenvalue weighted by atomic mass is 10.2. The van der Waals surface area contributed by atoms with Crippen LogP contribution >= 0.6 is 0 Å². The molecule has 0 saturated heterocycles. The molecule has 7 heteroatoms. The fourth-order valence-electron chi connectivity index (χ4n) is 2.15. The van der Waals surface area contributed by atoms with Crippen molar-refractivity contribution in [1.29, 1.82) is 0 Å². The molecule has 2 aromatic rings. The smallest absolute Gasteiger partial charge is 0.306 e. The molecule has 7 nitrogen and oxygen atoms in total. The number of aryl methyl sites for hydroxylation is 2. The molecule has 0 radical (unpaired) electrons. The van der Waals surface area contributed by atoms with Crippen molar-refractivity contribution in [2.45, 2.75) is 19.8 Å². The first kappa shape index (κ1) is 19.2. The summed E-state index contributed by atoms with van der Waals surface area (Å²) >= 11 is 0. The first-order chi connectivity index (χ1) is 12.4. The van der Waals surface area contributed by atoms with Crippen LogP contribution in [0.25, 0.3) is 0 Å². The number of carbonyl (C=O) groups is 3. The lowest BCUT2D eigenvalue weighted by Gasteiger charge is -2.16. The number of benzene rings is 1. The Bertz CT molecular complexity index is 738. The summed E-state index contributed by atoms with van der Waals surface area (Å²) in [6.45, 7) is 1.43. The highest BCUT2D eigenvalue weighted by atomic mass is 16.5. The Morgan fingerprint density at radius 2 is 1.88 bits per heavy atom. The molecule has 0 unspecified atom stereocenters. The van der Waals surface area contributed by atoms with Gasteiger partial charge in [-0.2, -0.15) is 0 Å². The second-order valence-corrected chi connectivity index (χ2v) is 5.90. The maximum Gasteiger partial charge on any atom is 0.306 e. The molecule has 2 rings (SSSR count). The number of hydrogen-bond acceptors (Lipinski definition) is 5. The molecule has 26 heavy (non-hydrogen) atoms. The molecular weight excluding hydrogens is 336 g/mol. The molecule has 2 amide bonds. The number of anilines is 1. The Balaban J connectivity index is 1.68. The van der Waals surface area contributed by atoms with Crippen molar-refractivity contribution in [1.82, 2.24) is 4.90 Å². The molecule has 1 aromatic heterocycles. The third kappa shape index (κ3) is 6.43. The van der Waals surface area contributed by atoms with Gasteiger partial charge in [-0.1, -0.05) is 17.7 Å². The maximum absolute atomic E-state index is 12.0. The third-order valence-electron chi connectivity index (χ3n) is 3.65. The summed E-state index contributed by atoms with van der Waals surface area (Å²) in [6, 6.07) is 10.8. The van der Waals surface area contributed by atoms with Gasteiger partial charge >= 0.3 is 5.97 Å². The highest BCUT2D eigenvalue weighted by Gasteiger charge is 2.15. The van der Waals surface area contributed by atoms with E-state index in [4.69, 9.17) is 9.15 Å². The summed E-state index contributed by atoms with van der Waals surface area (Å²) in [4.78, 5) is 36.8. The van der Waals surface area contributed by atoms with E-state index >= 15 is 0 Å². The molecule has 0 atom stereocenters. The predicted octanol–water partition coefficient (Wildman–Crippen LogP) is 2.16. The zero-order valence-corrected chi connectivity index (χ0v) is 14.9. The van der Waals surface area contributed by atoms with Gasteiger partial charge in [0.2, 0.25) is 5.91 Å². The topological polar surface area (TPSA) is 88.9 Å². The summed E-state index contributed by atoms with van der Waals surface area (Å²) in [5, 5.41) is 2.70. The van der Waals surface area contributed by atoms with Gasteiger partial charge in [0.05, 0.1) is 19.2 Å². The molecule has 0 aliphatic carbocycles. The number of hydrogen-bond donors (Lipinski definition) is 1. The van der Waals surface area contributed by atoms with E-state index in [1.807, 2.05) is 19.1 Å². The van der Waals surface area contributed by atoms with Crippen LogP contribution in [0.4, 0.5) is 5.69 Å². The fourth-order valence-corrected chi connectivity index (χ4v) is 2.15. The van der Waals surface area contributed by atoms with E-state index in [-0.39, 0.29) is 18.9 Å². The van der Waals surface area contributed by atoms with E-state index in [2.05, 4.69) is 5.32 Å². The van der Waals surface area contributed by atoms with Crippen molar-refractivity contribution >= 4 is 23.5 Å². The second-order valence-electron chi connectivity index (χ2n) is 5.90. The number of ether oxygens (including phenoxy) is 1. The molecular formula is C19H22N2O5. The predicted molar refractivity (Wildman–Crippen MR) is 95.4 cm³/mol. The molecule has 0 aliphatic heterocycles. The number of esters is 1. The van der Waals surface area contributed by atoms with Crippen LogP contribution in [0.2, 0.25) is 0 Å². The number of nitrogens with one attached hydrogen (secondary N) is 1. The fraction of sp³-hybridized carbons (Fsp3) is 0.316. The molecule has 1 heterocycles. The molecule has 1 N–H and O–H groups in total. The van der Waals surface area contributed by atoms with Gasteiger partial charge in [-0.15, -0.1) is 0 Å². The van der Waals surface area contributed by atoms with Gasteiger partial charge in [-0.25, -0.2) is 0 Å². The first-order valence-corrected chi connectivity index (χ1v) is 8.22. The number of rotatable bonds is 8. The van der Waals surface area contributed by atoms with Gasteiger partial charge in [0.25, 0.3) is 5.91 Å². The van der Waals surface area contributed by atoms with Crippen molar-refractivity contribution < 1.29 is 23.5 Å². The van der Waals surface area contributed by atoms with Crippen LogP contribution in [-0.4, -0.2) is 42.9 Å². The van der Waals surface area contributed by atoms with Crippen molar-refractivity contribution in [3.05, 3.63) is 54.0 Å². The monoisotopic (exact) mass is 358 g/mol. The second kappa shape index (κ2) is 9.41. The molecule has 138 valence electrons. The van der Waals surface area contributed by atoms with Crippen LogP contribution in [-0.2, 0) is 25.5 Å². The summed E-state index contributed by atoms with van der Waals surface area (Å²) < 4.78 is 10.1. The van der Waals surface area contributed by atoms with Gasteiger partial charge in [-0.3, -0.25) is 14.4 Å². The van der Waals surface area contributed by atoms with Crippen molar-refractivity contribution in [2.24, 2.45) is 0 Å². The average molecular weight is 358 g/mol. The van der Waals surface area contributed by atoms with E-state index in [0.29, 0.717) is 17.9 Å². The number of amides is 2. The van der Waals surface area contributed by atoms with E-state index in [1.165, 1.54) is 18.2 Å². The van der Waals surface area contributed by atoms with E-state index in [1.54, 1.807) is 24.3 Å². The first-order valence-electron chi connectivity index (χ1n) is 8.22. The van der Waals surface area contributed by atoms with Gasteiger partial charge in [-0.05, 0) is 31.2 Å². The Kier molecular flexibility index (Phi) is 6.96. The zero-order valence-electron chi connectivity index (χ0n) is 14.9. The Morgan fingerprint density at radius 1 is 1.15 bits per heavy atom. The summed E-state index contributed by atoms with van der Waals surface area (Å²) in [6.07, 6.45) is 2.06. The average Bonchev–Trinajstić information content (AvgIpc) is 3.13. The minimum absolute atomic E-state index is 0.123. The van der Waals surface area contributed by atoms with Crippen molar-refractivity contribution in [2.75, 3.05) is 25.5 Å². The number of furan rings is 1. The van der Waals surface area contributed by atoms with Crippen LogP contribution < -0.4 is 5.32 Å². The van der Waals surface area contributed by atoms with E-state index in [9.17, 15) is 14.4 Å². The van der Waals surface area contributed by atoms with Crippen LogP contribution in [0.15, 0.2) is 47.1 Å². The number of nitrogens with zero attached hydrogens (tertiary/aromatic N) is 1. The Morgan fingerprint density at radius 3 is 2.54 bits per heavy atom. The van der Waals surface area contributed by atoms with Crippen molar-refractivity contribution in [3.8, 4) is 0 Å². The van der Waals surface area contributed by atoms with Gasteiger partial charge < -0.3 is 19.4 Å². The van der Waals surface area contributed by atoms with Crippen LogP contribution in [0.1, 0.15) is 17.7 Å². The molecule has 0 fully saturated rings. The number of carbonyl (C=O) groups excluding carboxylic acids is 3. The number of likely N-dealkylation sites (N-methyl/N-ethyl adjacent to an activating group) is 1. The zero-order chi connectivity index (χ0) is 18.9. The maximum atomic E-state index is 12.0. The highest BCUT2D eigenvalue weighted by Crippen LogP contribution is 2.08. The molecule has 1 aromatic carbocycles.